The van der Waals surface area contributed by atoms with Gasteiger partial charge < -0.3 is 26.2 Å². The van der Waals surface area contributed by atoms with E-state index in [-0.39, 0.29) is 12.1 Å². The molecule has 0 aromatic carbocycles. The molecule has 0 aromatic heterocycles. The summed E-state index contributed by atoms with van der Waals surface area (Å²) < 4.78 is 14.0. The highest BCUT2D eigenvalue weighted by molar-refractivity contribution is 7.54. The Morgan fingerprint density at radius 2 is 1.70 bits per heavy atom. The van der Waals surface area contributed by atoms with Crippen molar-refractivity contribution in [3.63, 3.8) is 0 Å². The first-order valence-electron chi connectivity index (χ1n) is 17.5. The van der Waals surface area contributed by atoms with E-state index in [1.54, 1.807) is 5.57 Å². The Balaban J connectivity index is 0.000000351. The van der Waals surface area contributed by atoms with Crippen LogP contribution in [0.3, 0.4) is 0 Å². The number of aliphatic hydroxyl groups excluding tert-OH is 1. The molecular weight excluding hydrogens is 573 g/mol. The van der Waals surface area contributed by atoms with Crippen LogP contribution in [0.15, 0.2) is 11.6 Å². The lowest BCUT2D eigenvalue weighted by molar-refractivity contribution is -0.142. The summed E-state index contributed by atoms with van der Waals surface area (Å²) in [6.07, 6.45) is 19.6. The van der Waals surface area contributed by atoms with Crippen LogP contribution in [0.1, 0.15) is 125 Å². The quantitative estimate of drug-likeness (QED) is 0.0756. The molecule has 4 aliphatic carbocycles. The second-order valence-electron chi connectivity index (χ2n) is 15.5. The molecule has 0 saturated heterocycles. The van der Waals surface area contributed by atoms with Crippen LogP contribution in [0.4, 0.5) is 0 Å². The molecule has 8 nitrogen and oxygen atoms in total. The van der Waals surface area contributed by atoms with E-state index in [1.807, 2.05) is 0 Å². The molecule has 44 heavy (non-hydrogen) atoms. The first-order valence-corrected chi connectivity index (χ1v) is 19.6. The highest BCUT2D eigenvalue weighted by Crippen LogP contribution is 2.67. The average molecular weight is 642 g/mol. The van der Waals surface area contributed by atoms with Gasteiger partial charge in [0.05, 0.1) is 13.2 Å². The maximum Gasteiger partial charge on any atom is 0.322 e. The minimum absolute atomic E-state index is 0.0766. The number of unbranched alkanes of at least 4 members (excludes halogenated alkanes) is 1. The van der Waals surface area contributed by atoms with E-state index < -0.39 is 13.6 Å². The minimum atomic E-state index is -3.14. The molecule has 3 saturated carbocycles. The number of rotatable bonds is 10. The third kappa shape index (κ3) is 10.9. The molecule has 0 heterocycles. The summed E-state index contributed by atoms with van der Waals surface area (Å²) in [5.41, 5.74) is 17.8. The van der Waals surface area contributed by atoms with Crippen LogP contribution >= 0.6 is 7.52 Å². The molecule has 10 atom stereocenters. The van der Waals surface area contributed by atoms with Crippen LogP contribution in [0.2, 0.25) is 0 Å². The van der Waals surface area contributed by atoms with E-state index in [0.29, 0.717) is 23.8 Å². The monoisotopic (exact) mass is 641 g/mol. The predicted molar refractivity (Wildman–Crippen MR) is 182 cm³/mol. The van der Waals surface area contributed by atoms with Crippen molar-refractivity contribution in [3.05, 3.63) is 11.6 Å². The molecule has 0 bridgehead atoms. The lowest BCUT2D eigenvalue weighted by Gasteiger charge is -2.58. The van der Waals surface area contributed by atoms with Gasteiger partial charge >= 0.3 is 5.97 Å². The number of esters is 1. The van der Waals surface area contributed by atoms with Crippen molar-refractivity contribution in [2.24, 2.45) is 63.3 Å². The van der Waals surface area contributed by atoms with Gasteiger partial charge in [0.15, 0.2) is 0 Å². The van der Waals surface area contributed by atoms with Crippen molar-refractivity contribution in [1.29, 1.82) is 0 Å². The van der Waals surface area contributed by atoms with Crippen LogP contribution in [-0.2, 0) is 14.1 Å². The van der Waals surface area contributed by atoms with Crippen molar-refractivity contribution < 1.29 is 24.1 Å². The molecule has 8 N–H and O–H groups in total. The van der Waals surface area contributed by atoms with E-state index in [4.69, 9.17) is 16.4 Å². The number of fused-ring (bicyclic) bond motifs is 5. The van der Waals surface area contributed by atoms with Gasteiger partial charge in [0.25, 0.3) is 7.52 Å². The number of nitrogens with two attached hydrogens (primary N) is 3. The Labute approximate surface area is 269 Å². The average Bonchev–Trinajstić information content (AvgIpc) is 3.29. The molecule has 4 aliphatic rings. The van der Waals surface area contributed by atoms with Crippen LogP contribution in [0.5, 0.6) is 0 Å². The highest BCUT2D eigenvalue weighted by atomic mass is 31.2. The van der Waals surface area contributed by atoms with Gasteiger partial charge in [-0.3, -0.25) is 14.9 Å². The van der Waals surface area contributed by atoms with Crippen molar-refractivity contribution in [1.82, 2.24) is 0 Å². The van der Waals surface area contributed by atoms with Gasteiger partial charge in [0.2, 0.25) is 0 Å². The fraction of sp³-hybridized carbons (Fsp3) is 0.914. The predicted octanol–water partition coefficient (Wildman–Crippen LogP) is 6.76. The summed E-state index contributed by atoms with van der Waals surface area (Å²) in [5.74, 6) is 5.11. The van der Waals surface area contributed by atoms with E-state index in [9.17, 15) is 14.5 Å². The largest absolute Gasteiger partial charge is 0.468 e. The third-order valence-electron chi connectivity index (χ3n) is 11.8. The molecule has 258 valence electrons. The summed E-state index contributed by atoms with van der Waals surface area (Å²) in [6, 6.07) is -0.480. The van der Waals surface area contributed by atoms with E-state index in [0.717, 1.165) is 67.9 Å². The van der Waals surface area contributed by atoms with Crippen LogP contribution in [-0.4, -0.2) is 48.4 Å². The van der Waals surface area contributed by atoms with Gasteiger partial charge in [-0.2, -0.15) is 0 Å². The lowest BCUT2D eigenvalue weighted by Crippen LogP contribution is -2.50. The molecule has 0 radical (unpaired) electrons. The molecule has 3 fully saturated rings. The van der Waals surface area contributed by atoms with Gasteiger partial charge in [-0.15, -0.1) is 0 Å². The van der Waals surface area contributed by atoms with Crippen LogP contribution in [0, 0.1) is 46.3 Å². The van der Waals surface area contributed by atoms with Crippen molar-refractivity contribution in [2.75, 3.05) is 20.3 Å². The molecule has 9 heteroatoms. The van der Waals surface area contributed by atoms with Crippen LogP contribution < -0.4 is 17.0 Å². The number of aliphatic hydroxyl groups is 1. The number of ether oxygens (including phenoxy) is 1. The summed E-state index contributed by atoms with van der Waals surface area (Å²) in [6.45, 7) is 14.3. The van der Waals surface area contributed by atoms with Gasteiger partial charge in [0, 0.05) is 6.66 Å². The molecule has 0 amide bonds. The van der Waals surface area contributed by atoms with E-state index >= 15 is 0 Å². The standard InChI is InChI=1S/C27H46O.C7H16N2O2.CH6NO2P/c1-18(2)7-6-8-19(3)23-11-12-24-22-10-9-20-17-21(28)13-15-26(20,4)25(22)14-16-27(23,24)5;1-11-7(10)6(9)4-2-3-5-8;1-5(2,3)4/h9,18-19,21-25,28H,6-8,10-17H2,1-5H3;6H,2-5,8-9H2,1H3;1H3,(H3,2,3,4)/t19-,21+,22+,23-,24+,25+,26+,27-;6-;/m10./s1. The number of carbonyl (C=O) groups is 1. The first-order chi connectivity index (χ1) is 20.5. The second kappa shape index (κ2) is 17.4. The fourth-order valence-electron chi connectivity index (χ4n) is 9.44. The van der Waals surface area contributed by atoms with Gasteiger partial charge in [0.1, 0.15) is 6.04 Å². The van der Waals surface area contributed by atoms with Gasteiger partial charge in [-0.25, -0.2) is 0 Å². The SMILES string of the molecule is CC(C)CCC[C@@H](C)[C@H]1CC[C@H]2[C@@H]3CC=C4C[C@@H](O)CC[C@]4(C)[C@H]3CC[C@]12C.COC(=O)[C@@H](N)CCCCN.CP(N)(=O)O. The molecule has 4 rings (SSSR count). The van der Waals surface area contributed by atoms with Crippen molar-refractivity contribution in [2.45, 2.75) is 137 Å². The second-order valence-corrected chi connectivity index (χ2v) is 17.4. The lowest BCUT2D eigenvalue weighted by atomic mass is 9.47. The Hall–Kier alpha value is -0.760. The number of methoxy groups -OCH3 is 1. The van der Waals surface area contributed by atoms with Gasteiger partial charge in [-0.1, -0.05) is 72.0 Å². The Morgan fingerprint density at radius 3 is 2.30 bits per heavy atom. The molecule has 0 aromatic rings. The first kappa shape index (κ1) is 39.4. The normalized spacial score (nSPS) is 35.2. The van der Waals surface area contributed by atoms with E-state index in [2.05, 4.69) is 50.9 Å². The molecule has 0 aliphatic heterocycles. The van der Waals surface area contributed by atoms with Crippen molar-refractivity contribution >= 4 is 13.5 Å². The highest BCUT2D eigenvalue weighted by Gasteiger charge is 2.59. The minimum Gasteiger partial charge on any atom is -0.468 e. The third-order valence-corrected chi connectivity index (χ3v) is 11.8. The zero-order valence-electron chi connectivity index (χ0n) is 29.1. The Kier molecular flexibility index (Phi) is 15.6. The van der Waals surface area contributed by atoms with Gasteiger partial charge in [-0.05, 0) is 117 Å². The molecular formula is C35H68N3O5P. The summed E-state index contributed by atoms with van der Waals surface area (Å²) in [7, 11) is -1.80. The summed E-state index contributed by atoms with van der Waals surface area (Å²) in [5, 5.41) is 10.2. The topological polar surface area (TPSA) is 162 Å². The van der Waals surface area contributed by atoms with Crippen LogP contribution in [0.25, 0.3) is 0 Å². The Bertz CT molecular complexity index is 962. The molecule has 0 spiro atoms. The zero-order valence-corrected chi connectivity index (χ0v) is 30.0. The number of allylic oxidation sites excluding steroid dienone is 1. The van der Waals surface area contributed by atoms with Crippen molar-refractivity contribution in [3.8, 4) is 0 Å². The smallest absolute Gasteiger partial charge is 0.322 e. The number of hydrogen-bond donors (Lipinski definition) is 5. The zero-order chi connectivity index (χ0) is 33.3. The Morgan fingerprint density at radius 1 is 1.05 bits per heavy atom. The number of carbonyl (C=O) groups excluding carboxylic acids is 1. The van der Waals surface area contributed by atoms with E-state index in [1.165, 1.54) is 64.9 Å². The summed E-state index contributed by atoms with van der Waals surface area (Å²) >= 11 is 0. The molecule has 1 unspecified atom stereocenters. The summed E-state index contributed by atoms with van der Waals surface area (Å²) in [4.78, 5) is 18.6. The fourth-order valence-corrected chi connectivity index (χ4v) is 9.44. The number of hydrogen-bond acceptors (Lipinski definition) is 6. The maximum absolute atomic E-state index is 10.7. The maximum atomic E-state index is 10.7.